The maximum absolute atomic E-state index is 14.5. The van der Waals surface area contributed by atoms with E-state index in [4.69, 9.17) is 16.0 Å². The Kier molecular flexibility index (Phi) is 6.19. The van der Waals surface area contributed by atoms with Gasteiger partial charge in [-0.05, 0) is 31.8 Å². The third-order valence-electron chi connectivity index (χ3n) is 4.48. The molecule has 4 aromatic rings. The molecule has 1 aromatic carbocycles. The first-order valence-electron chi connectivity index (χ1n) is 9.40. The van der Waals surface area contributed by atoms with E-state index in [9.17, 15) is 13.2 Å². The van der Waals surface area contributed by atoms with Crippen LogP contribution < -0.4 is 0 Å². The van der Waals surface area contributed by atoms with E-state index in [0.29, 0.717) is 17.3 Å². The molecule has 0 unspecified atom stereocenters. The summed E-state index contributed by atoms with van der Waals surface area (Å²) in [6.45, 7) is 0.720. The molecule has 4 rings (SSSR count). The number of nitrogens with zero attached hydrogens (tertiary/aromatic N) is 7. The molecule has 0 aliphatic rings. The average molecular weight is 464 g/mol. The highest BCUT2D eigenvalue weighted by Gasteiger charge is 2.18. The number of halogens is 4. The molecule has 3 aromatic heterocycles. The minimum absolute atomic E-state index is 0.0116. The third-order valence-corrected chi connectivity index (χ3v) is 4.83. The summed E-state index contributed by atoms with van der Waals surface area (Å²) in [4.78, 5) is 6.05. The lowest BCUT2D eigenvalue weighted by atomic mass is 10.1. The van der Waals surface area contributed by atoms with E-state index in [1.54, 1.807) is 12.3 Å². The predicted molar refractivity (Wildman–Crippen MR) is 109 cm³/mol. The zero-order valence-corrected chi connectivity index (χ0v) is 17.8. The van der Waals surface area contributed by atoms with Crippen molar-refractivity contribution in [2.75, 3.05) is 14.1 Å². The van der Waals surface area contributed by atoms with Crippen LogP contribution >= 0.6 is 11.6 Å². The molecule has 0 fully saturated rings. The standard InChI is InChI=1S/C20H17ClF3N7O/c1-30(2)8-12-4-3-11(5-14(12)21)16-9-31(29-26-16)10-17-15(22)6-13(7-25-17)19-27-28-20(32-19)18(23)24/h3-7,9,18H,8,10H2,1-2H3. The van der Waals surface area contributed by atoms with Crippen molar-refractivity contribution in [2.24, 2.45) is 0 Å². The largest absolute Gasteiger partial charge is 0.415 e. The van der Waals surface area contributed by atoms with Gasteiger partial charge < -0.3 is 9.32 Å². The Balaban J connectivity index is 1.50. The Morgan fingerprint density at radius 2 is 1.94 bits per heavy atom. The Morgan fingerprint density at radius 3 is 2.59 bits per heavy atom. The van der Waals surface area contributed by atoms with E-state index in [2.05, 4.69) is 25.5 Å². The number of benzene rings is 1. The minimum Gasteiger partial charge on any atom is -0.415 e. The maximum atomic E-state index is 14.5. The van der Waals surface area contributed by atoms with Gasteiger partial charge in [0.25, 0.3) is 5.89 Å². The monoisotopic (exact) mass is 463 g/mol. The van der Waals surface area contributed by atoms with Crippen molar-refractivity contribution in [3.05, 3.63) is 64.6 Å². The number of aromatic nitrogens is 6. The lowest BCUT2D eigenvalue weighted by Gasteiger charge is -2.11. The van der Waals surface area contributed by atoms with Gasteiger partial charge in [0.05, 0.1) is 24.0 Å². The summed E-state index contributed by atoms with van der Waals surface area (Å²) in [6, 6.07) is 6.71. The lowest BCUT2D eigenvalue weighted by Crippen LogP contribution is -2.10. The molecule has 12 heteroatoms. The molecule has 166 valence electrons. The van der Waals surface area contributed by atoms with E-state index < -0.39 is 18.1 Å². The second-order valence-electron chi connectivity index (χ2n) is 7.24. The van der Waals surface area contributed by atoms with Gasteiger partial charge in [0.1, 0.15) is 11.5 Å². The maximum Gasteiger partial charge on any atom is 0.314 e. The summed E-state index contributed by atoms with van der Waals surface area (Å²) in [5.74, 6) is -1.75. The van der Waals surface area contributed by atoms with E-state index >= 15 is 0 Å². The number of alkyl halides is 2. The van der Waals surface area contributed by atoms with E-state index in [0.717, 1.165) is 17.2 Å². The summed E-state index contributed by atoms with van der Waals surface area (Å²) in [7, 11) is 3.91. The van der Waals surface area contributed by atoms with Crippen LogP contribution in [0, 0.1) is 5.82 Å². The molecule has 0 aliphatic carbocycles. The van der Waals surface area contributed by atoms with E-state index in [1.807, 2.05) is 31.1 Å². The predicted octanol–water partition coefficient (Wildman–Crippen LogP) is 4.23. The molecule has 0 bridgehead atoms. The second-order valence-corrected chi connectivity index (χ2v) is 7.65. The highest BCUT2D eigenvalue weighted by Crippen LogP contribution is 2.26. The van der Waals surface area contributed by atoms with Crippen LogP contribution in [-0.4, -0.2) is 49.2 Å². The van der Waals surface area contributed by atoms with Gasteiger partial charge in [0.15, 0.2) is 0 Å². The van der Waals surface area contributed by atoms with Crippen LogP contribution in [0.2, 0.25) is 5.02 Å². The molecule has 0 atom stereocenters. The van der Waals surface area contributed by atoms with Crippen LogP contribution in [0.25, 0.3) is 22.7 Å². The number of hydrogen-bond acceptors (Lipinski definition) is 7. The zero-order valence-electron chi connectivity index (χ0n) is 17.0. The molecule has 0 saturated heterocycles. The number of pyridine rings is 1. The molecule has 3 heterocycles. The zero-order chi connectivity index (χ0) is 22.8. The Labute approximate surface area is 185 Å². The van der Waals surface area contributed by atoms with Gasteiger partial charge in [-0.1, -0.05) is 28.9 Å². The molecule has 0 radical (unpaired) electrons. The second kappa shape index (κ2) is 9.05. The van der Waals surface area contributed by atoms with Gasteiger partial charge in [-0.25, -0.2) is 9.07 Å². The first kappa shape index (κ1) is 21.9. The first-order valence-corrected chi connectivity index (χ1v) is 9.78. The summed E-state index contributed by atoms with van der Waals surface area (Å²) >= 11 is 6.36. The molecule has 8 nitrogen and oxygen atoms in total. The fraction of sp³-hybridized carbons (Fsp3) is 0.250. The minimum atomic E-state index is -2.91. The average Bonchev–Trinajstić information content (AvgIpc) is 3.41. The van der Waals surface area contributed by atoms with Gasteiger partial charge in [0, 0.05) is 23.3 Å². The normalized spacial score (nSPS) is 11.6. The van der Waals surface area contributed by atoms with Crippen LogP contribution in [0.5, 0.6) is 0 Å². The van der Waals surface area contributed by atoms with Gasteiger partial charge in [-0.15, -0.1) is 15.3 Å². The molecule has 0 N–H and O–H groups in total. The van der Waals surface area contributed by atoms with Gasteiger partial charge in [-0.2, -0.15) is 8.78 Å². The van der Waals surface area contributed by atoms with Crippen molar-refractivity contribution in [1.29, 1.82) is 0 Å². The van der Waals surface area contributed by atoms with Crippen molar-refractivity contribution in [3.8, 4) is 22.7 Å². The Bertz CT molecular complexity index is 1240. The van der Waals surface area contributed by atoms with Gasteiger partial charge in [-0.3, -0.25) is 4.98 Å². The van der Waals surface area contributed by atoms with Crippen LogP contribution in [0.3, 0.4) is 0 Å². The van der Waals surface area contributed by atoms with Gasteiger partial charge in [0.2, 0.25) is 5.89 Å². The molecule has 0 spiro atoms. The number of hydrogen-bond donors (Lipinski definition) is 0. The quantitative estimate of drug-likeness (QED) is 0.405. The van der Waals surface area contributed by atoms with Crippen LogP contribution in [0.15, 0.2) is 41.1 Å². The molecule has 0 amide bonds. The Morgan fingerprint density at radius 1 is 1.12 bits per heavy atom. The molecular formula is C20H17ClF3N7O. The summed E-state index contributed by atoms with van der Waals surface area (Å²) in [5, 5.41) is 15.5. The van der Waals surface area contributed by atoms with Crippen molar-refractivity contribution < 1.29 is 17.6 Å². The van der Waals surface area contributed by atoms with E-state index in [-0.39, 0.29) is 23.7 Å². The molecular weight excluding hydrogens is 447 g/mol. The number of rotatable bonds is 7. The molecule has 0 aliphatic heterocycles. The summed E-state index contributed by atoms with van der Waals surface area (Å²) in [5.41, 5.74) is 2.51. The van der Waals surface area contributed by atoms with Crippen LogP contribution in [-0.2, 0) is 13.1 Å². The first-order chi connectivity index (χ1) is 15.3. The van der Waals surface area contributed by atoms with E-state index in [1.165, 1.54) is 10.9 Å². The molecule has 0 saturated carbocycles. The highest BCUT2D eigenvalue weighted by molar-refractivity contribution is 6.31. The van der Waals surface area contributed by atoms with Crippen molar-refractivity contribution >= 4 is 11.6 Å². The summed E-state index contributed by atoms with van der Waals surface area (Å²) in [6.07, 6.45) is 0.00973. The van der Waals surface area contributed by atoms with Crippen LogP contribution in [0.1, 0.15) is 23.6 Å². The molecule has 32 heavy (non-hydrogen) atoms. The summed E-state index contributed by atoms with van der Waals surface area (Å²) < 4.78 is 46.0. The fourth-order valence-corrected chi connectivity index (χ4v) is 3.22. The SMILES string of the molecule is CN(C)Cc1ccc(-c2cn(Cc3ncc(-c4nnc(C(F)F)o4)cc3F)nn2)cc1Cl. The van der Waals surface area contributed by atoms with Crippen molar-refractivity contribution in [1.82, 2.24) is 35.1 Å². The lowest BCUT2D eigenvalue weighted by molar-refractivity contribution is 0.116. The van der Waals surface area contributed by atoms with Gasteiger partial charge >= 0.3 is 6.43 Å². The fourth-order valence-electron chi connectivity index (χ4n) is 2.98. The van der Waals surface area contributed by atoms with Crippen molar-refractivity contribution in [2.45, 2.75) is 19.5 Å². The Hall–Kier alpha value is -3.31. The van der Waals surface area contributed by atoms with Crippen molar-refractivity contribution in [3.63, 3.8) is 0 Å². The highest BCUT2D eigenvalue weighted by atomic mass is 35.5. The third kappa shape index (κ3) is 4.78. The topological polar surface area (TPSA) is 85.8 Å². The smallest absolute Gasteiger partial charge is 0.314 e. The van der Waals surface area contributed by atoms with Crippen LogP contribution in [0.4, 0.5) is 13.2 Å².